The number of hydrogen-bond acceptors (Lipinski definition) is 6. The van der Waals surface area contributed by atoms with Crippen molar-refractivity contribution in [3.8, 4) is 0 Å². The summed E-state index contributed by atoms with van der Waals surface area (Å²) in [4.78, 5) is 24.2. The fourth-order valence-electron chi connectivity index (χ4n) is 3.60. The Morgan fingerprint density at radius 2 is 2.19 bits per heavy atom. The van der Waals surface area contributed by atoms with Gasteiger partial charge < -0.3 is 14.2 Å². The largest absolute Gasteiger partial charge is 0.384 e. The van der Waals surface area contributed by atoms with Gasteiger partial charge in [0.05, 0.1) is 17.7 Å². The average molecular weight is 366 g/mol. The first kappa shape index (κ1) is 17.6. The van der Waals surface area contributed by atoms with Crippen LogP contribution in [0.25, 0.3) is 10.9 Å². The minimum Gasteiger partial charge on any atom is -0.384 e. The molecule has 0 N–H and O–H groups in total. The Bertz CT molecular complexity index is 969. The summed E-state index contributed by atoms with van der Waals surface area (Å²) in [6, 6.07) is 9.40. The molecule has 0 bridgehead atoms. The second-order valence-corrected chi connectivity index (χ2v) is 6.78. The molecule has 0 radical (unpaired) electrons. The Morgan fingerprint density at radius 1 is 1.33 bits per heavy atom. The number of carbonyl (C=O) groups excluding carboxylic acids is 1. The van der Waals surface area contributed by atoms with E-state index in [1.54, 1.807) is 7.11 Å². The van der Waals surface area contributed by atoms with Crippen LogP contribution in [0.4, 0.5) is 0 Å². The van der Waals surface area contributed by atoms with Gasteiger partial charge in [-0.2, -0.15) is 4.98 Å². The van der Waals surface area contributed by atoms with Gasteiger partial charge in [-0.3, -0.25) is 9.78 Å². The van der Waals surface area contributed by atoms with E-state index in [1.807, 2.05) is 42.2 Å². The molecule has 1 aliphatic heterocycles. The average Bonchev–Trinajstić information content (AvgIpc) is 3.34. The highest BCUT2D eigenvalue weighted by Crippen LogP contribution is 2.33. The van der Waals surface area contributed by atoms with Crippen LogP contribution >= 0.6 is 0 Å². The minimum absolute atomic E-state index is 0.0177. The molecule has 27 heavy (non-hydrogen) atoms. The lowest BCUT2D eigenvalue weighted by Gasteiger charge is -2.22. The smallest absolute Gasteiger partial charge is 0.255 e. The second kappa shape index (κ2) is 7.44. The number of ether oxygens (including phenoxy) is 1. The number of pyridine rings is 1. The molecule has 2 aromatic heterocycles. The van der Waals surface area contributed by atoms with Crippen molar-refractivity contribution >= 4 is 16.8 Å². The molecular weight excluding hydrogens is 344 g/mol. The van der Waals surface area contributed by atoms with Crippen LogP contribution in [0.2, 0.25) is 0 Å². The molecule has 3 heterocycles. The zero-order valence-electron chi connectivity index (χ0n) is 15.5. The summed E-state index contributed by atoms with van der Waals surface area (Å²) in [5, 5.41) is 4.88. The van der Waals surface area contributed by atoms with Gasteiger partial charge in [0.1, 0.15) is 6.04 Å². The number of aromatic nitrogens is 3. The van der Waals surface area contributed by atoms with Crippen LogP contribution in [0.15, 0.2) is 34.9 Å². The third-order valence-electron chi connectivity index (χ3n) is 4.89. The molecule has 0 saturated carbocycles. The van der Waals surface area contributed by atoms with Crippen LogP contribution in [0, 0.1) is 6.92 Å². The predicted molar refractivity (Wildman–Crippen MR) is 99.4 cm³/mol. The maximum atomic E-state index is 13.4. The van der Waals surface area contributed by atoms with E-state index in [9.17, 15) is 4.79 Å². The van der Waals surface area contributed by atoms with E-state index in [4.69, 9.17) is 9.26 Å². The van der Waals surface area contributed by atoms with Crippen LogP contribution < -0.4 is 0 Å². The summed E-state index contributed by atoms with van der Waals surface area (Å²) in [5.41, 5.74) is 2.33. The van der Waals surface area contributed by atoms with Gasteiger partial charge in [-0.15, -0.1) is 0 Å². The molecule has 1 amide bonds. The lowest BCUT2D eigenvalue weighted by atomic mass is 10.1. The summed E-state index contributed by atoms with van der Waals surface area (Å²) in [5.74, 6) is 1.09. The van der Waals surface area contributed by atoms with Crippen molar-refractivity contribution in [1.29, 1.82) is 0 Å². The molecule has 0 spiro atoms. The summed E-state index contributed by atoms with van der Waals surface area (Å²) >= 11 is 0. The fraction of sp³-hybridized carbons (Fsp3) is 0.400. The summed E-state index contributed by atoms with van der Waals surface area (Å²) in [7, 11) is 1.64. The molecule has 1 aliphatic rings. The van der Waals surface area contributed by atoms with E-state index in [0.717, 1.165) is 29.4 Å². The maximum absolute atomic E-state index is 13.4. The Kier molecular flexibility index (Phi) is 4.85. The summed E-state index contributed by atoms with van der Waals surface area (Å²) in [6.45, 7) is 3.12. The lowest BCUT2D eigenvalue weighted by Crippen LogP contribution is -2.31. The Morgan fingerprint density at radius 3 is 3.04 bits per heavy atom. The molecule has 0 aliphatic carbocycles. The van der Waals surface area contributed by atoms with Crippen molar-refractivity contribution in [2.75, 3.05) is 20.3 Å². The maximum Gasteiger partial charge on any atom is 0.255 e. The molecule has 0 unspecified atom stereocenters. The van der Waals surface area contributed by atoms with Crippen molar-refractivity contribution in [2.45, 2.75) is 32.2 Å². The molecule has 7 nitrogen and oxygen atoms in total. The first-order valence-corrected chi connectivity index (χ1v) is 9.16. The van der Waals surface area contributed by atoms with Crippen LogP contribution in [-0.2, 0) is 11.2 Å². The van der Waals surface area contributed by atoms with Crippen molar-refractivity contribution in [3.63, 3.8) is 0 Å². The van der Waals surface area contributed by atoms with Crippen LogP contribution in [-0.4, -0.2) is 46.2 Å². The molecule has 1 atom stereocenters. The van der Waals surface area contributed by atoms with Gasteiger partial charge in [0, 0.05) is 31.2 Å². The molecule has 1 aromatic carbocycles. The molecular formula is C20H22N4O3. The number of benzene rings is 1. The standard InChI is InChI=1S/C20H22N4O3/c1-13-12-15(14-6-3-4-7-16(14)21-13)20(25)24-10-5-8-17(24)19-22-18(23-27-19)9-11-26-2/h3-4,6-7,12,17H,5,8-11H2,1-2H3/t17-/m0/s1. The van der Waals surface area contributed by atoms with E-state index in [0.29, 0.717) is 36.9 Å². The number of amides is 1. The topological polar surface area (TPSA) is 81.4 Å². The first-order chi connectivity index (χ1) is 13.2. The van der Waals surface area contributed by atoms with Crippen LogP contribution in [0.3, 0.4) is 0 Å². The number of aryl methyl sites for hydroxylation is 1. The number of nitrogens with zero attached hydrogens (tertiary/aromatic N) is 4. The van der Waals surface area contributed by atoms with Crippen molar-refractivity contribution in [3.05, 3.63) is 53.3 Å². The Hall–Kier alpha value is -2.80. The minimum atomic E-state index is -0.187. The third kappa shape index (κ3) is 3.42. The van der Waals surface area contributed by atoms with Gasteiger partial charge in [-0.25, -0.2) is 0 Å². The van der Waals surface area contributed by atoms with E-state index >= 15 is 0 Å². The highest BCUT2D eigenvalue weighted by atomic mass is 16.5. The lowest BCUT2D eigenvalue weighted by molar-refractivity contribution is 0.0712. The van der Waals surface area contributed by atoms with Gasteiger partial charge in [0.2, 0.25) is 5.89 Å². The van der Waals surface area contributed by atoms with E-state index in [-0.39, 0.29) is 11.9 Å². The van der Waals surface area contributed by atoms with Gasteiger partial charge in [-0.05, 0) is 31.9 Å². The number of carbonyl (C=O) groups is 1. The van der Waals surface area contributed by atoms with Crippen molar-refractivity contribution < 1.29 is 14.1 Å². The van der Waals surface area contributed by atoms with Gasteiger partial charge in [0.25, 0.3) is 5.91 Å². The molecule has 1 saturated heterocycles. The van der Waals surface area contributed by atoms with Crippen molar-refractivity contribution in [1.82, 2.24) is 20.0 Å². The summed E-state index contributed by atoms with van der Waals surface area (Å²) in [6.07, 6.45) is 2.32. The molecule has 1 fully saturated rings. The zero-order chi connectivity index (χ0) is 18.8. The number of methoxy groups -OCH3 is 1. The van der Waals surface area contributed by atoms with Gasteiger partial charge >= 0.3 is 0 Å². The number of hydrogen-bond donors (Lipinski definition) is 0. The predicted octanol–water partition coefficient (Wildman–Crippen LogP) is 3.09. The van der Waals surface area contributed by atoms with Crippen LogP contribution in [0.1, 0.15) is 46.7 Å². The monoisotopic (exact) mass is 366 g/mol. The Balaban J connectivity index is 1.64. The second-order valence-electron chi connectivity index (χ2n) is 6.78. The van der Waals surface area contributed by atoms with Crippen molar-refractivity contribution in [2.24, 2.45) is 0 Å². The third-order valence-corrected chi connectivity index (χ3v) is 4.89. The molecule has 7 heteroatoms. The Labute approximate surface area is 157 Å². The van der Waals surface area contributed by atoms with E-state index in [1.165, 1.54) is 0 Å². The summed E-state index contributed by atoms with van der Waals surface area (Å²) < 4.78 is 10.5. The van der Waals surface area contributed by atoms with Gasteiger partial charge in [-0.1, -0.05) is 23.4 Å². The SMILES string of the molecule is COCCc1noc([C@@H]2CCCN2C(=O)c2cc(C)nc3ccccc23)n1. The number of likely N-dealkylation sites (tertiary alicyclic amines) is 1. The first-order valence-electron chi connectivity index (χ1n) is 9.16. The number of rotatable bonds is 5. The normalized spacial score (nSPS) is 17.0. The number of para-hydroxylation sites is 1. The van der Waals surface area contributed by atoms with E-state index in [2.05, 4.69) is 15.1 Å². The number of fused-ring (bicyclic) bond motifs is 1. The zero-order valence-corrected chi connectivity index (χ0v) is 15.5. The molecule has 3 aromatic rings. The molecule has 4 rings (SSSR count). The van der Waals surface area contributed by atoms with Gasteiger partial charge in [0.15, 0.2) is 5.82 Å². The van der Waals surface area contributed by atoms with E-state index < -0.39 is 0 Å². The highest BCUT2D eigenvalue weighted by Gasteiger charge is 2.35. The van der Waals surface area contributed by atoms with Crippen LogP contribution in [0.5, 0.6) is 0 Å². The highest BCUT2D eigenvalue weighted by molar-refractivity contribution is 6.06. The molecule has 140 valence electrons. The fourth-order valence-corrected chi connectivity index (χ4v) is 3.60. The quantitative estimate of drug-likeness (QED) is 0.690.